The van der Waals surface area contributed by atoms with Crippen molar-refractivity contribution in [2.45, 2.75) is 32.2 Å². The number of aromatic nitrogens is 2. The number of benzene rings is 1. The van der Waals surface area contributed by atoms with Crippen molar-refractivity contribution in [3.63, 3.8) is 0 Å². The molecule has 1 aliphatic heterocycles. The van der Waals surface area contributed by atoms with Gasteiger partial charge in [-0.1, -0.05) is 23.7 Å². The van der Waals surface area contributed by atoms with Gasteiger partial charge in [-0.25, -0.2) is 4.79 Å². The molecule has 2 heterocycles. The van der Waals surface area contributed by atoms with Gasteiger partial charge in [0, 0.05) is 30.6 Å². The van der Waals surface area contributed by atoms with Gasteiger partial charge in [0.1, 0.15) is 10.0 Å². The topological polar surface area (TPSA) is 58.1 Å². The largest absolute Gasteiger partial charge is 0.334 e. The van der Waals surface area contributed by atoms with Gasteiger partial charge in [-0.2, -0.15) is 0 Å². The minimum Gasteiger partial charge on any atom is -0.334 e. The SMILES string of the molecule is Cc1nnc([C@@H]2CCCN(C(=O)NCc3ccc(Cl)cc3)C2)s1. The maximum Gasteiger partial charge on any atom is 0.317 e. The highest BCUT2D eigenvalue weighted by molar-refractivity contribution is 7.11. The summed E-state index contributed by atoms with van der Waals surface area (Å²) in [4.78, 5) is 14.3. The van der Waals surface area contributed by atoms with E-state index in [9.17, 15) is 4.79 Å². The lowest BCUT2D eigenvalue weighted by Crippen LogP contribution is -2.44. The summed E-state index contributed by atoms with van der Waals surface area (Å²) >= 11 is 7.49. The Kier molecular flexibility index (Phi) is 5.13. The van der Waals surface area contributed by atoms with Crippen LogP contribution in [0.3, 0.4) is 0 Å². The molecule has 3 rings (SSSR count). The fourth-order valence-electron chi connectivity index (χ4n) is 2.73. The molecule has 2 amide bonds. The van der Waals surface area contributed by atoms with Crippen LogP contribution in [-0.2, 0) is 6.54 Å². The number of rotatable bonds is 3. The fourth-order valence-corrected chi connectivity index (χ4v) is 3.68. The third kappa shape index (κ3) is 4.20. The van der Waals surface area contributed by atoms with E-state index in [1.165, 1.54) is 0 Å². The number of hydrogen-bond acceptors (Lipinski definition) is 4. The van der Waals surface area contributed by atoms with Crippen molar-refractivity contribution in [3.8, 4) is 0 Å². The molecule has 0 bridgehead atoms. The number of halogens is 1. The zero-order valence-corrected chi connectivity index (χ0v) is 14.5. The number of piperidine rings is 1. The number of hydrogen-bond donors (Lipinski definition) is 1. The number of aryl methyl sites for hydroxylation is 1. The molecule has 1 atom stereocenters. The summed E-state index contributed by atoms with van der Waals surface area (Å²) in [5, 5.41) is 14.0. The second kappa shape index (κ2) is 7.27. The van der Waals surface area contributed by atoms with Gasteiger partial charge in [0.25, 0.3) is 0 Å². The van der Waals surface area contributed by atoms with E-state index in [4.69, 9.17) is 11.6 Å². The Labute approximate surface area is 144 Å². The van der Waals surface area contributed by atoms with E-state index in [1.54, 1.807) is 11.3 Å². The molecule has 122 valence electrons. The smallest absolute Gasteiger partial charge is 0.317 e. The zero-order valence-electron chi connectivity index (χ0n) is 13.0. The Morgan fingerprint density at radius 3 is 2.87 bits per heavy atom. The van der Waals surface area contributed by atoms with E-state index >= 15 is 0 Å². The zero-order chi connectivity index (χ0) is 16.2. The number of likely N-dealkylation sites (tertiary alicyclic amines) is 1. The van der Waals surface area contributed by atoms with E-state index < -0.39 is 0 Å². The Morgan fingerprint density at radius 1 is 1.39 bits per heavy atom. The molecule has 2 aromatic rings. The number of carbonyl (C=O) groups is 1. The molecule has 1 aromatic heterocycles. The molecule has 0 unspecified atom stereocenters. The first-order valence-corrected chi connectivity index (χ1v) is 8.88. The first-order valence-electron chi connectivity index (χ1n) is 7.69. The van der Waals surface area contributed by atoms with Crippen molar-refractivity contribution >= 4 is 29.0 Å². The lowest BCUT2D eigenvalue weighted by Gasteiger charge is -2.31. The van der Waals surface area contributed by atoms with Crippen molar-refractivity contribution in [1.29, 1.82) is 0 Å². The van der Waals surface area contributed by atoms with Crippen LogP contribution in [-0.4, -0.2) is 34.2 Å². The van der Waals surface area contributed by atoms with Gasteiger partial charge >= 0.3 is 6.03 Å². The molecule has 0 saturated carbocycles. The predicted octanol–water partition coefficient (Wildman–Crippen LogP) is 3.59. The van der Waals surface area contributed by atoms with Crippen LogP contribution in [0, 0.1) is 6.92 Å². The van der Waals surface area contributed by atoms with Crippen molar-refractivity contribution in [1.82, 2.24) is 20.4 Å². The maximum atomic E-state index is 12.4. The Hall–Kier alpha value is -1.66. The van der Waals surface area contributed by atoms with Gasteiger partial charge in [-0.3, -0.25) is 0 Å². The molecule has 1 N–H and O–H groups in total. The molecule has 1 aliphatic rings. The summed E-state index contributed by atoms with van der Waals surface area (Å²) in [6.07, 6.45) is 2.06. The summed E-state index contributed by atoms with van der Waals surface area (Å²) in [6, 6.07) is 7.48. The molecule has 23 heavy (non-hydrogen) atoms. The van der Waals surface area contributed by atoms with Crippen LogP contribution in [0.15, 0.2) is 24.3 Å². The average molecular weight is 351 g/mol. The van der Waals surface area contributed by atoms with E-state index in [2.05, 4.69) is 15.5 Å². The number of nitrogens with one attached hydrogen (secondary N) is 1. The van der Waals surface area contributed by atoms with Crippen LogP contribution in [0.1, 0.15) is 34.3 Å². The molecule has 1 aromatic carbocycles. The van der Waals surface area contributed by atoms with Gasteiger partial charge in [0.2, 0.25) is 0 Å². The quantitative estimate of drug-likeness (QED) is 0.920. The van der Waals surface area contributed by atoms with Gasteiger partial charge in [0.05, 0.1) is 0 Å². The maximum absolute atomic E-state index is 12.4. The number of nitrogens with zero attached hydrogens (tertiary/aromatic N) is 3. The van der Waals surface area contributed by atoms with E-state index in [-0.39, 0.29) is 6.03 Å². The van der Waals surface area contributed by atoms with Crippen LogP contribution in [0.2, 0.25) is 5.02 Å². The monoisotopic (exact) mass is 350 g/mol. The van der Waals surface area contributed by atoms with Crippen molar-refractivity contribution < 1.29 is 4.79 Å². The molecule has 0 spiro atoms. The first-order chi connectivity index (χ1) is 11.1. The Morgan fingerprint density at radius 2 is 2.17 bits per heavy atom. The van der Waals surface area contributed by atoms with Gasteiger partial charge < -0.3 is 10.2 Å². The van der Waals surface area contributed by atoms with Crippen LogP contribution in [0.25, 0.3) is 0 Å². The van der Waals surface area contributed by atoms with Crippen molar-refractivity contribution in [2.75, 3.05) is 13.1 Å². The second-order valence-corrected chi connectivity index (χ2v) is 7.38. The van der Waals surface area contributed by atoms with Crippen LogP contribution in [0.4, 0.5) is 4.79 Å². The third-order valence-electron chi connectivity index (χ3n) is 3.96. The fraction of sp³-hybridized carbons (Fsp3) is 0.438. The molecule has 0 aliphatic carbocycles. The lowest BCUT2D eigenvalue weighted by molar-refractivity contribution is 0.179. The van der Waals surface area contributed by atoms with Gasteiger partial charge in [-0.05, 0) is 37.5 Å². The molecule has 1 saturated heterocycles. The predicted molar refractivity (Wildman–Crippen MR) is 91.9 cm³/mol. The summed E-state index contributed by atoms with van der Waals surface area (Å²) < 4.78 is 0. The van der Waals surface area contributed by atoms with Crippen molar-refractivity contribution in [3.05, 3.63) is 44.9 Å². The summed E-state index contributed by atoms with van der Waals surface area (Å²) in [6.45, 7) is 3.97. The Bertz CT molecular complexity index is 673. The van der Waals surface area contributed by atoms with Crippen LogP contribution >= 0.6 is 22.9 Å². The number of urea groups is 1. The van der Waals surface area contributed by atoms with E-state index in [1.807, 2.05) is 36.1 Å². The average Bonchev–Trinajstić information content (AvgIpc) is 3.01. The third-order valence-corrected chi connectivity index (χ3v) is 5.21. The molecule has 1 fully saturated rings. The molecular weight excluding hydrogens is 332 g/mol. The first kappa shape index (κ1) is 16.2. The number of carbonyl (C=O) groups excluding carboxylic acids is 1. The normalized spacial score (nSPS) is 18.0. The molecule has 0 radical (unpaired) electrons. The summed E-state index contributed by atoms with van der Waals surface area (Å²) in [5.41, 5.74) is 1.04. The molecular formula is C16H19ClN4OS. The highest BCUT2D eigenvalue weighted by atomic mass is 35.5. The van der Waals surface area contributed by atoms with Gasteiger partial charge in [-0.15, -0.1) is 21.5 Å². The van der Waals surface area contributed by atoms with E-state index in [0.717, 1.165) is 35.0 Å². The lowest BCUT2D eigenvalue weighted by atomic mass is 9.99. The minimum absolute atomic E-state index is 0.0223. The van der Waals surface area contributed by atoms with Gasteiger partial charge in [0.15, 0.2) is 0 Å². The minimum atomic E-state index is -0.0223. The number of amides is 2. The second-order valence-electron chi connectivity index (χ2n) is 5.73. The summed E-state index contributed by atoms with van der Waals surface area (Å²) in [7, 11) is 0. The highest BCUT2D eigenvalue weighted by Gasteiger charge is 2.26. The molecule has 7 heteroatoms. The Balaban J connectivity index is 1.55. The standard InChI is InChI=1S/C16H19ClN4OS/c1-11-19-20-15(23-11)13-3-2-8-21(10-13)16(22)18-9-12-4-6-14(17)7-5-12/h4-7,13H,2-3,8-10H2,1H3,(H,18,22)/t13-/m1/s1. The summed E-state index contributed by atoms with van der Waals surface area (Å²) in [5.74, 6) is 0.302. The van der Waals surface area contributed by atoms with Crippen molar-refractivity contribution in [2.24, 2.45) is 0 Å². The molecule has 5 nitrogen and oxygen atoms in total. The van der Waals surface area contributed by atoms with Crippen LogP contribution in [0.5, 0.6) is 0 Å². The van der Waals surface area contributed by atoms with Crippen LogP contribution < -0.4 is 5.32 Å². The van der Waals surface area contributed by atoms with E-state index in [0.29, 0.717) is 24.0 Å². The highest BCUT2D eigenvalue weighted by Crippen LogP contribution is 2.28.